The summed E-state index contributed by atoms with van der Waals surface area (Å²) >= 11 is 5.63. The van der Waals surface area contributed by atoms with Crippen molar-refractivity contribution in [2.75, 3.05) is 5.32 Å². The molecule has 0 amide bonds. The first-order chi connectivity index (χ1) is 8.47. The smallest absolute Gasteiger partial charge is 0.357 e. The Morgan fingerprint density at radius 2 is 2.17 bits per heavy atom. The fourth-order valence-corrected chi connectivity index (χ4v) is 1.44. The van der Waals surface area contributed by atoms with Crippen LogP contribution in [0.5, 0.6) is 0 Å². The fraction of sp³-hybridized carbons (Fsp3) is 0. The van der Waals surface area contributed by atoms with E-state index in [4.69, 9.17) is 21.1 Å². The van der Waals surface area contributed by atoms with Crippen molar-refractivity contribution < 1.29 is 23.1 Å². The van der Waals surface area contributed by atoms with E-state index in [0.29, 0.717) is 6.07 Å². The van der Waals surface area contributed by atoms with E-state index in [-0.39, 0.29) is 22.4 Å². The van der Waals surface area contributed by atoms with Gasteiger partial charge in [-0.05, 0) is 6.07 Å². The average molecular weight is 275 g/mol. The van der Waals surface area contributed by atoms with Gasteiger partial charge in [0.2, 0.25) is 0 Å². The monoisotopic (exact) mass is 274 g/mol. The van der Waals surface area contributed by atoms with Gasteiger partial charge in [-0.1, -0.05) is 11.6 Å². The van der Waals surface area contributed by atoms with Gasteiger partial charge in [-0.2, -0.15) is 4.98 Å². The molecule has 1 aromatic heterocycles. The van der Waals surface area contributed by atoms with Gasteiger partial charge >= 0.3 is 5.97 Å². The number of aromatic carboxylic acids is 1. The molecule has 1 heterocycles. The third kappa shape index (κ3) is 2.40. The number of benzene rings is 1. The molecule has 8 heteroatoms. The number of carbonyl (C=O) groups is 1. The Labute approximate surface area is 104 Å². The van der Waals surface area contributed by atoms with Gasteiger partial charge in [0.05, 0.1) is 10.7 Å². The summed E-state index contributed by atoms with van der Waals surface area (Å²) in [6.45, 7) is 0. The third-order valence-electron chi connectivity index (χ3n) is 1.96. The number of oxazole rings is 1. The Balaban J connectivity index is 2.31. The molecule has 94 valence electrons. The number of halogens is 3. The van der Waals surface area contributed by atoms with Crippen molar-refractivity contribution >= 4 is 29.3 Å². The molecule has 0 aliphatic carbocycles. The average Bonchev–Trinajstić information content (AvgIpc) is 2.71. The molecule has 0 atom stereocenters. The summed E-state index contributed by atoms with van der Waals surface area (Å²) in [5.41, 5.74) is -0.604. The number of hydrogen-bond acceptors (Lipinski definition) is 4. The van der Waals surface area contributed by atoms with E-state index >= 15 is 0 Å². The summed E-state index contributed by atoms with van der Waals surface area (Å²) in [6, 6.07) is 1.25. The van der Waals surface area contributed by atoms with Crippen LogP contribution in [0.1, 0.15) is 10.5 Å². The van der Waals surface area contributed by atoms with Crippen LogP contribution in [0, 0.1) is 11.6 Å². The maximum Gasteiger partial charge on any atom is 0.357 e. The second kappa shape index (κ2) is 4.61. The SMILES string of the molecule is O=C(O)c1coc(Nc2c(F)cc(F)cc2Cl)n1. The number of carboxylic acid groups (broad SMARTS) is 1. The molecule has 0 aliphatic rings. The zero-order valence-corrected chi connectivity index (χ0v) is 9.33. The Morgan fingerprint density at radius 1 is 1.44 bits per heavy atom. The van der Waals surface area contributed by atoms with Crippen LogP contribution in [-0.4, -0.2) is 16.1 Å². The van der Waals surface area contributed by atoms with Gasteiger partial charge in [-0.3, -0.25) is 0 Å². The lowest BCUT2D eigenvalue weighted by molar-refractivity contribution is 0.0690. The molecule has 1 aromatic carbocycles. The molecule has 0 saturated heterocycles. The zero-order chi connectivity index (χ0) is 13.3. The number of nitrogens with one attached hydrogen (secondary N) is 1. The molecule has 0 radical (unpaired) electrons. The van der Waals surface area contributed by atoms with Gasteiger partial charge in [-0.25, -0.2) is 13.6 Å². The van der Waals surface area contributed by atoms with Crippen molar-refractivity contribution in [3.63, 3.8) is 0 Å². The van der Waals surface area contributed by atoms with Crippen molar-refractivity contribution in [3.8, 4) is 0 Å². The van der Waals surface area contributed by atoms with Crippen LogP contribution in [0.3, 0.4) is 0 Å². The van der Waals surface area contributed by atoms with E-state index in [0.717, 1.165) is 12.3 Å². The zero-order valence-electron chi connectivity index (χ0n) is 8.58. The normalized spacial score (nSPS) is 10.4. The molecule has 0 spiro atoms. The maximum atomic E-state index is 13.4. The molecule has 0 aliphatic heterocycles. The highest BCUT2D eigenvalue weighted by atomic mass is 35.5. The number of rotatable bonds is 3. The lowest BCUT2D eigenvalue weighted by Gasteiger charge is -2.05. The molecular weight excluding hydrogens is 270 g/mol. The Morgan fingerprint density at radius 3 is 2.72 bits per heavy atom. The number of hydrogen-bond donors (Lipinski definition) is 2. The minimum Gasteiger partial charge on any atom is -0.476 e. The molecule has 0 unspecified atom stereocenters. The van der Waals surface area contributed by atoms with Crippen molar-refractivity contribution in [2.24, 2.45) is 0 Å². The Hall–Kier alpha value is -2.15. The predicted molar refractivity (Wildman–Crippen MR) is 58.1 cm³/mol. The van der Waals surface area contributed by atoms with E-state index in [1.807, 2.05) is 0 Å². The molecule has 2 rings (SSSR count). The van der Waals surface area contributed by atoms with E-state index in [2.05, 4.69) is 10.3 Å². The highest BCUT2D eigenvalue weighted by Gasteiger charge is 2.15. The maximum absolute atomic E-state index is 13.4. The van der Waals surface area contributed by atoms with E-state index in [1.54, 1.807) is 0 Å². The second-order valence-corrected chi connectivity index (χ2v) is 3.62. The number of aromatic nitrogens is 1. The van der Waals surface area contributed by atoms with E-state index in [9.17, 15) is 13.6 Å². The minimum atomic E-state index is -1.29. The quantitative estimate of drug-likeness (QED) is 0.900. The van der Waals surface area contributed by atoms with Gasteiger partial charge in [-0.15, -0.1) is 0 Å². The van der Waals surface area contributed by atoms with Crippen LogP contribution in [0.15, 0.2) is 22.8 Å². The number of nitrogens with zero attached hydrogens (tertiary/aromatic N) is 1. The summed E-state index contributed by atoms with van der Waals surface area (Å²) in [5, 5.41) is 10.7. The highest BCUT2D eigenvalue weighted by Crippen LogP contribution is 2.29. The molecule has 0 saturated carbocycles. The topological polar surface area (TPSA) is 75.4 Å². The Kier molecular flexibility index (Phi) is 3.15. The lowest BCUT2D eigenvalue weighted by atomic mass is 10.3. The molecule has 0 bridgehead atoms. The van der Waals surface area contributed by atoms with Crippen molar-refractivity contribution in [1.29, 1.82) is 0 Å². The molecule has 2 aromatic rings. The number of carboxylic acids is 1. The molecule has 18 heavy (non-hydrogen) atoms. The first kappa shape index (κ1) is 12.3. The first-order valence-electron chi connectivity index (χ1n) is 4.58. The third-order valence-corrected chi connectivity index (χ3v) is 2.26. The highest BCUT2D eigenvalue weighted by molar-refractivity contribution is 6.33. The van der Waals surface area contributed by atoms with Crippen LogP contribution >= 0.6 is 11.6 Å². The van der Waals surface area contributed by atoms with Crippen LogP contribution < -0.4 is 5.32 Å². The van der Waals surface area contributed by atoms with Gasteiger partial charge in [0, 0.05) is 6.07 Å². The molecule has 2 N–H and O–H groups in total. The summed E-state index contributed by atoms with van der Waals surface area (Å²) in [6.07, 6.45) is 0.875. The summed E-state index contributed by atoms with van der Waals surface area (Å²) in [4.78, 5) is 14.1. The van der Waals surface area contributed by atoms with Gasteiger partial charge in [0.25, 0.3) is 6.01 Å². The van der Waals surface area contributed by atoms with Crippen LogP contribution in [0.2, 0.25) is 5.02 Å². The van der Waals surface area contributed by atoms with Crippen molar-refractivity contribution in [1.82, 2.24) is 4.98 Å². The van der Waals surface area contributed by atoms with Gasteiger partial charge < -0.3 is 14.8 Å². The van der Waals surface area contributed by atoms with Gasteiger partial charge in [0.1, 0.15) is 12.1 Å². The van der Waals surface area contributed by atoms with E-state index in [1.165, 1.54) is 0 Å². The second-order valence-electron chi connectivity index (χ2n) is 3.21. The standard InChI is InChI=1S/C10H5ClF2N2O3/c11-5-1-4(12)2-6(13)8(5)15-10-14-7(3-18-10)9(16)17/h1-3H,(H,14,15)(H,16,17). The van der Waals surface area contributed by atoms with Crippen LogP contribution in [0.4, 0.5) is 20.5 Å². The van der Waals surface area contributed by atoms with Crippen molar-refractivity contribution in [3.05, 3.63) is 40.7 Å². The Bertz CT molecular complexity index is 592. The predicted octanol–water partition coefficient (Wildman–Crippen LogP) is 3.05. The summed E-state index contributed by atoms with van der Waals surface area (Å²) in [7, 11) is 0. The molecule has 5 nitrogen and oxygen atoms in total. The largest absolute Gasteiger partial charge is 0.476 e. The lowest BCUT2D eigenvalue weighted by Crippen LogP contribution is -1.99. The minimum absolute atomic E-state index is 0.220. The molecular formula is C10H5ClF2N2O3. The number of anilines is 2. The van der Waals surface area contributed by atoms with Crippen LogP contribution in [0.25, 0.3) is 0 Å². The van der Waals surface area contributed by atoms with Crippen LogP contribution in [-0.2, 0) is 0 Å². The summed E-state index contributed by atoms with van der Waals surface area (Å²) in [5.74, 6) is -3.07. The molecule has 0 fully saturated rings. The van der Waals surface area contributed by atoms with Crippen molar-refractivity contribution in [2.45, 2.75) is 0 Å². The first-order valence-corrected chi connectivity index (χ1v) is 4.95. The van der Waals surface area contributed by atoms with Gasteiger partial charge in [0.15, 0.2) is 11.5 Å². The van der Waals surface area contributed by atoms with E-state index < -0.39 is 17.6 Å². The summed E-state index contributed by atoms with van der Waals surface area (Å²) < 4.78 is 30.9. The fourth-order valence-electron chi connectivity index (χ4n) is 1.20.